The first-order chi connectivity index (χ1) is 17.9. The number of ether oxygens (including phenoxy) is 3. The zero-order chi connectivity index (χ0) is 26.1. The fourth-order valence-electron chi connectivity index (χ4n) is 4.87. The zero-order valence-corrected chi connectivity index (χ0v) is 21.1. The van der Waals surface area contributed by atoms with Crippen molar-refractivity contribution >= 4 is 17.5 Å². The number of allylic oxidation sites excluding steroid dienone is 1. The van der Waals surface area contributed by atoms with Crippen molar-refractivity contribution < 1.29 is 28.5 Å². The Kier molecular flexibility index (Phi) is 6.76. The van der Waals surface area contributed by atoms with Gasteiger partial charge in [-0.3, -0.25) is 9.69 Å². The molecule has 5 rings (SSSR count). The van der Waals surface area contributed by atoms with E-state index in [0.717, 1.165) is 37.4 Å². The van der Waals surface area contributed by atoms with Gasteiger partial charge >= 0.3 is 0 Å². The van der Waals surface area contributed by atoms with Crippen molar-refractivity contribution in [3.05, 3.63) is 82.4 Å². The molecule has 7 nitrogen and oxygen atoms in total. The number of fused-ring (bicyclic) bond motifs is 1. The molecule has 0 bridgehead atoms. The summed E-state index contributed by atoms with van der Waals surface area (Å²) in [4.78, 5) is 17.7. The van der Waals surface area contributed by atoms with E-state index in [1.54, 1.807) is 57.6 Å². The number of piperazine rings is 1. The van der Waals surface area contributed by atoms with Crippen LogP contribution in [0.25, 0.3) is 6.08 Å². The fourth-order valence-corrected chi connectivity index (χ4v) is 4.87. The van der Waals surface area contributed by atoms with Gasteiger partial charge in [0, 0.05) is 38.4 Å². The van der Waals surface area contributed by atoms with Gasteiger partial charge in [0.1, 0.15) is 17.3 Å². The van der Waals surface area contributed by atoms with Gasteiger partial charge in [0.15, 0.2) is 17.3 Å². The van der Waals surface area contributed by atoms with Gasteiger partial charge in [0.25, 0.3) is 0 Å². The number of benzene rings is 3. The Balaban J connectivity index is 1.36. The van der Waals surface area contributed by atoms with E-state index in [1.165, 1.54) is 12.1 Å². The van der Waals surface area contributed by atoms with Crippen LogP contribution in [-0.4, -0.2) is 56.2 Å². The number of aromatic hydroxyl groups is 1. The highest BCUT2D eigenvalue weighted by atomic mass is 19.1. The molecule has 1 N–H and O–H groups in total. The van der Waals surface area contributed by atoms with Crippen LogP contribution in [0.1, 0.15) is 27.0 Å². The second-order valence-electron chi connectivity index (χ2n) is 9.19. The molecule has 1 fully saturated rings. The minimum Gasteiger partial charge on any atom is -0.507 e. The maximum Gasteiger partial charge on any atom is 0.232 e. The third-order valence-electron chi connectivity index (χ3n) is 6.87. The number of carbonyl (C=O) groups is 1. The molecule has 0 amide bonds. The van der Waals surface area contributed by atoms with Crippen molar-refractivity contribution in [2.24, 2.45) is 0 Å². The highest BCUT2D eigenvalue weighted by molar-refractivity contribution is 6.15. The number of ketones is 1. The van der Waals surface area contributed by atoms with Crippen molar-refractivity contribution in [3.63, 3.8) is 0 Å². The fraction of sp³-hybridized carbons (Fsp3) is 0.276. The topological polar surface area (TPSA) is 71.5 Å². The third kappa shape index (κ3) is 4.84. The standard InChI is InChI=1S/C29H29FN2O5/c1-18-14-23(33)22(17-31-10-12-32(13-11-31)21-7-5-20(30)6-8-21)29-27(18)28(34)26(37-29)16-19-4-9-24(35-2)25(15-19)36-3/h4-9,14-16,33H,10-13,17H2,1-3H3/b26-16-. The van der Waals surface area contributed by atoms with E-state index in [4.69, 9.17) is 14.2 Å². The Labute approximate surface area is 215 Å². The van der Waals surface area contributed by atoms with Crippen LogP contribution in [-0.2, 0) is 6.54 Å². The minimum absolute atomic E-state index is 0.109. The molecule has 0 unspecified atom stereocenters. The molecule has 0 saturated carbocycles. The van der Waals surface area contributed by atoms with Crippen molar-refractivity contribution in [3.8, 4) is 23.0 Å². The highest BCUT2D eigenvalue weighted by Crippen LogP contribution is 2.42. The molecular formula is C29H29FN2O5. The van der Waals surface area contributed by atoms with E-state index >= 15 is 0 Å². The van der Waals surface area contributed by atoms with E-state index in [2.05, 4.69) is 9.80 Å². The Hall–Kier alpha value is -4.04. The average Bonchev–Trinajstić information content (AvgIpc) is 3.23. The molecule has 0 radical (unpaired) electrons. The highest BCUT2D eigenvalue weighted by Gasteiger charge is 2.34. The van der Waals surface area contributed by atoms with Gasteiger partial charge in [0.05, 0.1) is 25.3 Å². The van der Waals surface area contributed by atoms with Crippen LogP contribution in [0, 0.1) is 12.7 Å². The SMILES string of the molecule is COc1ccc(/C=C2\Oc3c(CN4CCN(c5ccc(F)cc5)CC4)c(O)cc(C)c3C2=O)cc1OC. The lowest BCUT2D eigenvalue weighted by molar-refractivity contribution is 0.101. The van der Waals surface area contributed by atoms with Gasteiger partial charge in [-0.2, -0.15) is 0 Å². The molecule has 3 aromatic carbocycles. The molecule has 192 valence electrons. The van der Waals surface area contributed by atoms with Crippen LogP contribution in [0.2, 0.25) is 0 Å². The number of phenols is 1. The van der Waals surface area contributed by atoms with Gasteiger partial charge in [-0.25, -0.2) is 4.39 Å². The number of rotatable bonds is 6. The van der Waals surface area contributed by atoms with Crippen LogP contribution in [0.5, 0.6) is 23.0 Å². The van der Waals surface area contributed by atoms with Gasteiger partial charge in [0.2, 0.25) is 5.78 Å². The zero-order valence-electron chi connectivity index (χ0n) is 21.1. The maximum atomic E-state index is 13.3. The van der Waals surface area contributed by atoms with Crippen LogP contribution in [0.3, 0.4) is 0 Å². The molecule has 37 heavy (non-hydrogen) atoms. The number of nitrogens with zero attached hydrogens (tertiary/aromatic N) is 2. The Morgan fingerprint density at radius 1 is 1.00 bits per heavy atom. The molecular weight excluding hydrogens is 475 g/mol. The van der Waals surface area contributed by atoms with Crippen LogP contribution < -0.4 is 19.1 Å². The van der Waals surface area contributed by atoms with Gasteiger partial charge in [-0.05, 0) is 66.6 Å². The number of phenolic OH excluding ortho intramolecular Hbond substituents is 1. The van der Waals surface area contributed by atoms with Crippen LogP contribution in [0.15, 0.2) is 54.3 Å². The number of Topliss-reactive ketones (excluding diaryl/α,β-unsaturated/α-hetero) is 1. The van der Waals surface area contributed by atoms with Crippen molar-refractivity contribution in [2.75, 3.05) is 45.3 Å². The number of anilines is 1. The van der Waals surface area contributed by atoms with E-state index in [9.17, 15) is 14.3 Å². The number of hydrogen-bond donors (Lipinski definition) is 1. The van der Waals surface area contributed by atoms with Gasteiger partial charge in [-0.15, -0.1) is 0 Å². The summed E-state index contributed by atoms with van der Waals surface area (Å²) in [5.74, 6) is 1.39. The van der Waals surface area contributed by atoms with Gasteiger partial charge in [-0.1, -0.05) is 6.07 Å². The molecule has 2 aliphatic rings. The minimum atomic E-state index is -0.250. The molecule has 0 aromatic heterocycles. The first kappa shape index (κ1) is 24.6. The molecule has 1 saturated heterocycles. The molecule has 2 heterocycles. The van der Waals surface area contributed by atoms with Crippen molar-refractivity contribution in [1.82, 2.24) is 4.90 Å². The lowest BCUT2D eigenvalue weighted by atomic mass is 9.99. The molecule has 3 aromatic rings. The third-order valence-corrected chi connectivity index (χ3v) is 6.87. The predicted molar refractivity (Wildman–Crippen MR) is 139 cm³/mol. The lowest BCUT2D eigenvalue weighted by Crippen LogP contribution is -2.46. The molecule has 0 spiro atoms. The second kappa shape index (κ2) is 10.1. The molecule has 0 aliphatic carbocycles. The largest absolute Gasteiger partial charge is 0.507 e. The summed E-state index contributed by atoms with van der Waals surface area (Å²) in [6.45, 7) is 5.28. The number of halogens is 1. The lowest BCUT2D eigenvalue weighted by Gasteiger charge is -2.36. The summed E-state index contributed by atoms with van der Waals surface area (Å²) < 4.78 is 30.0. The monoisotopic (exact) mass is 504 g/mol. The van der Waals surface area contributed by atoms with Crippen molar-refractivity contribution in [2.45, 2.75) is 13.5 Å². The number of hydrogen-bond acceptors (Lipinski definition) is 7. The first-order valence-corrected chi connectivity index (χ1v) is 12.1. The number of carbonyl (C=O) groups excluding carboxylic acids is 1. The normalized spacial score (nSPS) is 16.6. The predicted octanol–water partition coefficient (Wildman–Crippen LogP) is 4.80. The van der Waals surface area contributed by atoms with E-state index in [0.29, 0.717) is 40.5 Å². The summed E-state index contributed by atoms with van der Waals surface area (Å²) in [6, 6.07) is 13.5. The summed E-state index contributed by atoms with van der Waals surface area (Å²) in [5.41, 5.74) is 3.45. The summed E-state index contributed by atoms with van der Waals surface area (Å²) >= 11 is 0. The Bertz CT molecular complexity index is 1360. The Morgan fingerprint density at radius 3 is 2.38 bits per heavy atom. The molecule has 8 heteroatoms. The summed E-state index contributed by atoms with van der Waals surface area (Å²) in [5, 5.41) is 10.8. The Morgan fingerprint density at radius 2 is 1.70 bits per heavy atom. The number of aryl methyl sites for hydroxylation is 1. The average molecular weight is 505 g/mol. The quantitative estimate of drug-likeness (QED) is 0.484. The summed E-state index contributed by atoms with van der Waals surface area (Å²) in [7, 11) is 3.12. The van der Waals surface area contributed by atoms with E-state index in [-0.39, 0.29) is 23.1 Å². The van der Waals surface area contributed by atoms with E-state index in [1.807, 2.05) is 6.07 Å². The first-order valence-electron chi connectivity index (χ1n) is 12.1. The smallest absolute Gasteiger partial charge is 0.232 e. The van der Waals surface area contributed by atoms with Gasteiger partial charge < -0.3 is 24.2 Å². The maximum absolute atomic E-state index is 13.3. The van der Waals surface area contributed by atoms with E-state index < -0.39 is 0 Å². The molecule has 2 aliphatic heterocycles. The van der Waals surface area contributed by atoms with Crippen LogP contribution >= 0.6 is 0 Å². The second-order valence-corrected chi connectivity index (χ2v) is 9.19. The molecule has 0 atom stereocenters. The van der Waals surface area contributed by atoms with Crippen molar-refractivity contribution in [1.29, 1.82) is 0 Å². The van der Waals surface area contributed by atoms with Crippen LogP contribution in [0.4, 0.5) is 10.1 Å². The number of methoxy groups -OCH3 is 2. The summed E-state index contributed by atoms with van der Waals surface area (Å²) in [6.07, 6.45) is 1.67.